The molecule has 0 bridgehead atoms. The van der Waals surface area contributed by atoms with E-state index >= 15 is 0 Å². The van der Waals surface area contributed by atoms with E-state index in [1.54, 1.807) is 6.07 Å². The molecule has 2 aromatic carbocycles. The lowest BCUT2D eigenvalue weighted by Gasteiger charge is -2.14. The molecular weight excluding hydrogens is 291 g/mol. The molecule has 2 aromatic rings. The molecule has 5 heteroatoms. The van der Waals surface area contributed by atoms with Crippen LogP contribution in [-0.2, 0) is 11.3 Å². The number of carbonyl (C=O) groups excluding carboxylic acids is 1. The number of carbonyl (C=O) groups is 1. The molecule has 0 heterocycles. The predicted octanol–water partition coefficient (Wildman–Crippen LogP) is 2.13. The van der Waals surface area contributed by atoms with E-state index in [2.05, 4.69) is 5.32 Å². The zero-order chi connectivity index (χ0) is 15.2. The summed E-state index contributed by atoms with van der Waals surface area (Å²) < 4.78 is 13.6. The molecule has 0 aliphatic heterocycles. The van der Waals surface area contributed by atoms with E-state index in [0.29, 0.717) is 5.02 Å². The first-order chi connectivity index (χ1) is 10.0. The van der Waals surface area contributed by atoms with Crippen molar-refractivity contribution in [3.8, 4) is 0 Å². The number of benzene rings is 2. The van der Waals surface area contributed by atoms with Crippen molar-refractivity contribution in [3.63, 3.8) is 0 Å². The van der Waals surface area contributed by atoms with Crippen LogP contribution in [0, 0.1) is 5.82 Å². The molecule has 0 aromatic heterocycles. The van der Waals surface area contributed by atoms with Crippen LogP contribution in [0.5, 0.6) is 0 Å². The summed E-state index contributed by atoms with van der Waals surface area (Å²) in [5.41, 5.74) is 1.30. The van der Waals surface area contributed by atoms with E-state index in [1.807, 2.05) is 37.4 Å². The highest BCUT2D eigenvalue weighted by Crippen LogP contribution is 2.18. The summed E-state index contributed by atoms with van der Waals surface area (Å²) in [7, 11) is 1.92. The summed E-state index contributed by atoms with van der Waals surface area (Å²) in [6.45, 7) is 0.994. The number of hydrogen-bond acceptors (Lipinski definition) is 1. The monoisotopic (exact) mass is 307 g/mol. The maximum absolute atomic E-state index is 13.6. The Labute approximate surface area is 128 Å². The summed E-state index contributed by atoms with van der Waals surface area (Å²) in [6, 6.07) is 14.1. The quantitative estimate of drug-likeness (QED) is 0.872. The average molecular weight is 308 g/mol. The first-order valence-electron chi connectivity index (χ1n) is 6.65. The van der Waals surface area contributed by atoms with E-state index in [-0.39, 0.29) is 18.1 Å². The second-order valence-corrected chi connectivity index (χ2v) is 5.41. The van der Waals surface area contributed by atoms with Gasteiger partial charge in [0.2, 0.25) is 0 Å². The number of amides is 1. The molecule has 2 N–H and O–H groups in total. The molecule has 3 nitrogen and oxygen atoms in total. The lowest BCUT2D eigenvalue weighted by Crippen LogP contribution is -3.08. The number of quaternary nitrogens is 1. The van der Waals surface area contributed by atoms with Gasteiger partial charge in [-0.3, -0.25) is 4.79 Å². The molecule has 1 unspecified atom stereocenters. The molecule has 0 aliphatic rings. The van der Waals surface area contributed by atoms with Crippen LogP contribution in [0.1, 0.15) is 5.56 Å². The van der Waals surface area contributed by atoms with Gasteiger partial charge in [0.25, 0.3) is 5.91 Å². The van der Waals surface area contributed by atoms with Gasteiger partial charge < -0.3 is 10.2 Å². The van der Waals surface area contributed by atoms with Crippen molar-refractivity contribution in [3.05, 3.63) is 64.9 Å². The Hall–Kier alpha value is -1.91. The molecule has 2 rings (SSSR count). The second kappa shape index (κ2) is 7.20. The molecule has 1 atom stereocenters. The zero-order valence-corrected chi connectivity index (χ0v) is 12.5. The Morgan fingerprint density at radius 2 is 1.95 bits per heavy atom. The standard InChI is InChI=1S/C16H16ClFN2O/c1-20(10-12-5-3-2-4-6-12)11-16(21)19-15-8-7-13(17)9-14(15)18/h2-9H,10-11H2,1H3,(H,19,21)/p+1. The molecule has 0 saturated heterocycles. The summed E-state index contributed by atoms with van der Waals surface area (Å²) in [5.74, 6) is -0.763. The van der Waals surface area contributed by atoms with E-state index in [1.165, 1.54) is 12.1 Å². The fourth-order valence-corrected chi connectivity index (χ4v) is 2.22. The third kappa shape index (κ3) is 4.85. The fraction of sp³-hybridized carbons (Fsp3) is 0.188. The van der Waals surface area contributed by atoms with E-state index in [4.69, 9.17) is 11.6 Å². The summed E-state index contributed by atoms with van der Waals surface area (Å²) in [5, 5.41) is 2.86. The summed E-state index contributed by atoms with van der Waals surface area (Å²) in [6.07, 6.45) is 0. The SMILES string of the molecule is C[NH+](CC(=O)Nc1ccc(Cl)cc1F)Cc1ccccc1. The van der Waals surface area contributed by atoms with Crippen molar-refractivity contribution >= 4 is 23.2 Å². The lowest BCUT2D eigenvalue weighted by molar-refractivity contribution is -0.885. The van der Waals surface area contributed by atoms with Crippen LogP contribution >= 0.6 is 11.6 Å². The lowest BCUT2D eigenvalue weighted by atomic mass is 10.2. The largest absolute Gasteiger partial charge is 0.326 e. The highest BCUT2D eigenvalue weighted by Gasteiger charge is 2.12. The van der Waals surface area contributed by atoms with Gasteiger partial charge in [-0.15, -0.1) is 0 Å². The van der Waals surface area contributed by atoms with Crippen LogP contribution < -0.4 is 10.2 Å². The van der Waals surface area contributed by atoms with Gasteiger partial charge >= 0.3 is 0 Å². The highest BCUT2D eigenvalue weighted by atomic mass is 35.5. The van der Waals surface area contributed by atoms with Crippen molar-refractivity contribution in [1.29, 1.82) is 0 Å². The van der Waals surface area contributed by atoms with Gasteiger partial charge in [0, 0.05) is 10.6 Å². The minimum Gasteiger partial charge on any atom is -0.326 e. The Bertz CT molecular complexity index is 619. The van der Waals surface area contributed by atoms with Crippen molar-refractivity contribution in [2.45, 2.75) is 6.54 Å². The van der Waals surface area contributed by atoms with Gasteiger partial charge in [-0.2, -0.15) is 0 Å². The van der Waals surface area contributed by atoms with Crippen molar-refractivity contribution < 1.29 is 14.1 Å². The number of likely N-dealkylation sites (N-methyl/N-ethyl adjacent to an activating group) is 1. The summed E-state index contributed by atoms with van der Waals surface area (Å²) >= 11 is 5.67. The Kier molecular flexibility index (Phi) is 5.31. The van der Waals surface area contributed by atoms with Crippen LogP contribution in [0.2, 0.25) is 5.02 Å². The van der Waals surface area contributed by atoms with Crippen molar-refractivity contribution in [2.75, 3.05) is 18.9 Å². The van der Waals surface area contributed by atoms with Crippen molar-refractivity contribution in [1.82, 2.24) is 0 Å². The van der Waals surface area contributed by atoms with Crippen LogP contribution in [0.3, 0.4) is 0 Å². The van der Waals surface area contributed by atoms with Crippen molar-refractivity contribution in [2.24, 2.45) is 0 Å². The van der Waals surface area contributed by atoms with E-state index in [0.717, 1.165) is 17.0 Å². The number of hydrogen-bond donors (Lipinski definition) is 2. The molecule has 1 amide bonds. The number of nitrogens with one attached hydrogen (secondary N) is 2. The number of rotatable bonds is 5. The normalized spacial score (nSPS) is 12.0. The van der Waals surface area contributed by atoms with Gasteiger partial charge in [-0.05, 0) is 18.2 Å². The minimum absolute atomic E-state index is 0.150. The Morgan fingerprint density at radius 1 is 1.24 bits per heavy atom. The molecule has 0 radical (unpaired) electrons. The molecule has 0 saturated carbocycles. The molecule has 0 aliphatic carbocycles. The fourth-order valence-electron chi connectivity index (χ4n) is 2.07. The van der Waals surface area contributed by atoms with Gasteiger partial charge in [0.1, 0.15) is 12.4 Å². The third-order valence-corrected chi connectivity index (χ3v) is 3.25. The maximum Gasteiger partial charge on any atom is 0.279 e. The molecule has 0 fully saturated rings. The molecule has 110 valence electrons. The Balaban J connectivity index is 1.89. The van der Waals surface area contributed by atoms with Gasteiger partial charge in [0.05, 0.1) is 12.7 Å². The first-order valence-corrected chi connectivity index (χ1v) is 7.02. The number of halogens is 2. The minimum atomic E-state index is -0.531. The van der Waals surface area contributed by atoms with E-state index < -0.39 is 5.82 Å². The number of anilines is 1. The first kappa shape index (κ1) is 15.5. The molecule has 21 heavy (non-hydrogen) atoms. The van der Waals surface area contributed by atoms with Crippen LogP contribution in [0.25, 0.3) is 0 Å². The maximum atomic E-state index is 13.6. The summed E-state index contributed by atoms with van der Waals surface area (Å²) in [4.78, 5) is 12.9. The topological polar surface area (TPSA) is 33.5 Å². The molecular formula is C16H17ClFN2O+. The smallest absolute Gasteiger partial charge is 0.279 e. The van der Waals surface area contributed by atoms with Crippen LogP contribution in [0.15, 0.2) is 48.5 Å². The van der Waals surface area contributed by atoms with Crippen LogP contribution in [0.4, 0.5) is 10.1 Å². The predicted molar refractivity (Wildman–Crippen MR) is 81.9 cm³/mol. The highest BCUT2D eigenvalue weighted by molar-refractivity contribution is 6.30. The zero-order valence-electron chi connectivity index (χ0n) is 11.7. The second-order valence-electron chi connectivity index (χ2n) is 4.97. The molecule has 0 spiro atoms. The van der Waals surface area contributed by atoms with Crippen LogP contribution in [-0.4, -0.2) is 19.5 Å². The van der Waals surface area contributed by atoms with Gasteiger partial charge in [-0.25, -0.2) is 4.39 Å². The average Bonchev–Trinajstić information content (AvgIpc) is 2.43. The third-order valence-electron chi connectivity index (χ3n) is 3.02. The van der Waals surface area contributed by atoms with Gasteiger partial charge in [-0.1, -0.05) is 41.9 Å². The van der Waals surface area contributed by atoms with Gasteiger partial charge in [0.15, 0.2) is 6.54 Å². The Morgan fingerprint density at radius 3 is 2.62 bits per heavy atom. The van der Waals surface area contributed by atoms with E-state index in [9.17, 15) is 9.18 Å².